The van der Waals surface area contributed by atoms with E-state index in [-0.39, 0.29) is 37.9 Å². The summed E-state index contributed by atoms with van der Waals surface area (Å²) in [5.41, 5.74) is 4.60. The van der Waals surface area contributed by atoms with Gasteiger partial charge < -0.3 is 33.6 Å². The summed E-state index contributed by atoms with van der Waals surface area (Å²) in [4.78, 5) is 55.4. The smallest absolute Gasteiger partial charge is 0.407 e. The number of nitrogens with zero attached hydrogens (tertiary/aromatic N) is 2. The van der Waals surface area contributed by atoms with Gasteiger partial charge in [0.25, 0.3) is 5.56 Å². The SMILES string of the molecule is CCc1c2c(nc3ccc(OC(=O)COc4ccc(OCCNC(=O)OC(C)(C)C)cc4)cc13)-c1cc3c(c(=O)n1C2)COC(=O)[C@@H]3CC. The molecular formula is C37H39N3O9. The summed E-state index contributed by atoms with van der Waals surface area (Å²) < 4.78 is 29.1. The van der Waals surface area contributed by atoms with E-state index in [2.05, 4.69) is 5.32 Å². The lowest BCUT2D eigenvalue weighted by molar-refractivity contribution is -0.148. The second-order valence-electron chi connectivity index (χ2n) is 12.9. The van der Waals surface area contributed by atoms with Crippen LogP contribution in [0.25, 0.3) is 22.3 Å². The van der Waals surface area contributed by atoms with E-state index in [9.17, 15) is 19.2 Å². The molecule has 0 radical (unpaired) electrons. The minimum atomic E-state index is -0.577. The van der Waals surface area contributed by atoms with Crippen LogP contribution in [-0.4, -0.2) is 52.9 Å². The van der Waals surface area contributed by atoms with Gasteiger partial charge in [0.1, 0.15) is 36.1 Å². The molecule has 2 aliphatic heterocycles. The summed E-state index contributed by atoms with van der Waals surface area (Å²) in [5, 5.41) is 3.46. The van der Waals surface area contributed by atoms with E-state index in [0.717, 1.165) is 27.8 Å². The first-order valence-electron chi connectivity index (χ1n) is 16.4. The molecule has 6 rings (SSSR count). The Kier molecular flexibility index (Phi) is 9.31. The number of hydrogen-bond acceptors (Lipinski definition) is 10. The van der Waals surface area contributed by atoms with Crippen molar-refractivity contribution in [3.05, 3.63) is 81.1 Å². The Morgan fingerprint density at radius 2 is 1.69 bits per heavy atom. The number of nitrogens with one attached hydrogen (secondary N) is 1. The fourth-order valence-corrected chi connectivity index (χ4v) is 6.20. The lowest BCUT2D eigenvalue weighted by atomic mass is 9.90. The lowest BCUT2D eigenvalue weighted by Crippen LogP contribution is -2.34. The predicted octanol–water partition coefficient (Wildman–Crippen LogP) is 5.43. The zero-order valence-electron chi connectivity index (χ0n) is 28.2. The van der Waals surface area contributed by atoms with Crippen molar-refractivity contribution in [1.82, 2.24) is 14.9 Å². The highest BCUT2D eigenvalue weighted by atomic mass is 16.6. The number of aromatic nitrogens is 2. The molecule has 2 aliphatic rings. The van der Waals surface area contributed by atoms with Crippen LogP contribution in [0.2, 0.25) is 0 Å². The van der Waals surface area contributed by atoms with Gasteiger partial charge in [-0.05, 0) is 93.3 Å². The molecule has 0 fully saturated rings. The molecule has 49 heavy (non-hydrogen) atoms. The fourth-order valence-electron chi connectivity index (χ4n) is 6.20. The van der Waals surface area contributed by atoms with Crippen molar-refractivity contribution in [1.29, 1.82) is 0 Å². The summed E-state index contributed by atoms with van der Waals surface area (Å²) in [6.45, 7) is 9.87. The normalized spacial score (nSPS) is 14.7. The number of carbonyl (C=O) groups is 3. The molecule has 2 aromatic carbocycles. The maximum atomic E-state index is 13.6. The van der Waals surface area contributed by atoms with Gasteiger partial charge in [-0.3, -0.25) is 9.59 Å². The first kappa shape index (κ1) is 33.5. The minimum absolute atomic E-state index is 0.0228. The summed E-state index contributed by atoms with van der Waals surface area (Å²) in [5.74, 6) is 0.0266. The molecule has 0 saturated carbocycles. The molecule has 1 atom stereocenters. The van der Waals surface area contributed by atoms with E-state index >= 15 is 0 Å². The number of fused-ring (bicyclic) bond motifs is 5. The van der Waals surface area contributed by atoms with Gasteiger partial charge in [-0.2, -0.15) is 0 Å². The van der Waals surface area contributed by atoms with Gasteiger partial charge >= 0.3 is 18.0 Å². The molecule has 0 unspecified atom stereocenters. The number of rotatable bonds is 10. The number of benzene rings is 2. The zero-order valence-corrected chi connectivity index (χ0v) is 28.2. The van der Waals surface area contributed by atoms with Crippen LogP contribution in [-0.2, 0) is 38.6 Å². The average molecular weight is 670 g/mol. The largest absolute Gasteiger partial charge is 0.492 e. The topological polar surface area (TPSA) is 144 Å². The third-order valence-electron chi connectivity index (χ3n) is 8.40. The standard InChI is InChI=1S/C37H39N3O9/c1-6-24-27-16-23(48-32(41)20-46-22-10-8-21(9-11-22)45-15-14-38-36(44)49-37(3,4)5)12-13-30(27)39-33-28(24)18-40-31(33)17-26-25(7-2)35(43)47-19-29(26)34(40)42/h8-13,16-17,25H,6-7,14-15,18-20H2,1-5H3,(H,38,44)/t25-/m1/s1. The van der Waals surface area contributed by atoms with Crippen molar-refractivity contribution in [2.75, 3.05) is 19.8 Å². The second kappa shape index (κ2) is 13.6. The van der Waals surface area contributed by atoms with Crippen LogP contribution < -0.4 is 25.1 Å². The molecule has 0 saturated heterocycles. The van der Waals surface area contributed by atoms with Gasteiger partial charge in [-0.25, -0.2) is 14.6 Å². The van der Waals surface area contributed by atoms with E-state index in [4.69, 9.17) is 28.7 Å². The van der Waals surface area contributed by atoms with Crippen LogP contribution >= 0.6 is 0 Å². The van der Waals surface area contributed by atoms with Gasteiger partial charge in [-0.1, -0.05) is 13.8 Å². The monoisotopic (exact) mass is 669 g/mol. The molecule has 0 aliphatic carbocycles. The first-order valence-corrected chi connectivity index (χ1v) is 16.4. The first-order chi connectivity index (χ1) is 23.5. The molecule has 2 aromatic heterocycles. The van der Waals surface area contributed by atoms with Crippen LogP contribution in [0.5, 0.6) is 17.2 Å². The van der Waals surface area contributed by atoms with E-state index in [1.54, 1.807) is 67.8 Å². The summed E-state index contributed by atoms with van der Waals surface area (Å²) >= 11 is 0. The third-order valence-corrected chi connectivity index (χ3v) is 8.40. The fraction of sp³-hybridized carbons (Fsp3) is 0.378. The number of aryl methyl sites for hydroxylation is 1. The minimum Gasteiger partial charge on any atom is -0.492 e. The second-order valence-corrected chi connectivity index (χ2v) is 12.9. The Hall–Kier alpha value is -5.39. The van der Waals surface area contributed by atoms with Crippen molar-refractivity contribution in [2.45, 2.75) is 72.1 Å². The third kappa shape index (κ3) is 7.08. The van der Waals surface area contributed by atoms with Gasteiger partial charge in [0.2, 0.25) is 0 Å². The molecule has 12 heteroatoms. The van der Waals surface area contributed by atoms with Crippen LogP contribution in [0.3, 0.4) is 0 Å². The van der Waals surface area contributed by atoms with Crippen LogP contribution in [0, 0.1) is 0 Å². The maximum Gasteiger partial charge on any atom is 0.407 e. The highest BCUT2D eigenvalue weighted by molar-refractivity contribution is 5.90. The van der Waals surface area contributed by atoms with Crippen LogP contribution in [0.15, 0.2) is 53.3 Å². The van der Waals surface area contributed by atoms with Crippen LogP contribution in [0.1, 0.15) is 69.2 Å². The van der Waals surface area contributed by atoms with Crippen molar-refractivity contribution >= 4 is 28.9 Å². The van der Waals surface area contributed by atoms with Crippen molar-refractivity contribution < 1.29 is 38.1 Å². The maximum absolute atomic E-state index is 13.6. The number of carbonyl (C=O) groups excluding carboxylic acids is 3. The zero-order chi connectivity index (χ0) is 34.9. The summed E-state index contributed by atoms with van der Waals surface area (Å²) in [7, 11) is 0. The van der Waals surface area contributed by atoms with Crippen molar-refractivity contribution in [3.8, 4) is 28.6 Å². The highest BCUT2D eigenvalue weighted by Gasteiger charge is 2.34. The number of hydrogen-bond donors (Lipinski definition) is 1. The summed E-state index contributed by atoms with van der Waals surface area (Å²) in [6.07, 6.45) is 0.701. The molecule has 1 N–H and O–H groups in total. The number of pyridine rings is 2. The van der Waals surface area contributed by atoms with E-state index < -0.39 is 23.6 Å². The van der Waals surface area contributed by atoms with Gasteiger partial charge in [0.05, 0.1) is 41.5 Å². The molecule has 0 bridgehead atoms. The number of amides is 1. The van der Waals surface area contributed by atoms with Crippen molar-refractivity contribution in [2.24, 2.45) is 0 Å². The van der Waals surface area contributed by atoms with Crippen molar-refractivity contribution in [3.63, 3.8) is 0 Å². The Morgan fingerprint density at radius 3 is 2.39 bits per heavy atom. The Labute approximate surface area is 283 Å². The molecule has 256 valence electrons. The quantitative estimate of drug-likeness (QED) is 0.116. The Balaban J connectivity index is 1.09. The Morgan fingerprint density at radius 1 is 0.980 bits per heavy atom. The molecule has 1 amide bonds. The molecule has 12 nitrogen and oxygen atoms in total. The molecular weight excluding hydrogens is 630 g/mol. The number of alkyl carbamates (subject to hydrolysis) is 1. The highest BCUT2D eigenvalue weighted by Crippen LogP contribution is 2.39. The van der Waals surface area contributed by atoms with E-state index in [0.29, 0.717) is 53.4 Å². The number of esters is 2. The van der Waals surface area contributed by atoms with Gasteiger partial charge in [0, 0.05) is 10.9 Å². The molecule has 4 aromatic rings. The average Bonchev–Trinajstić information content (AvgIpc) is 3.42. The van der Waals surface area contributed by atoms with E-state index in [1.807, 2.05) is 19.9 Å². The lowest BCUT2D eigenvalue weighted by Gasteiger charge is -2.24. The van der Waals surface area contributed by atoms with Gasteiger partial charge in [0.15, 0.2) is 6.61 Å². The van der Waals surface area contributed by atoms with Crippen LogP contribution in [0.4, 0.5) is 4.79 Å². The van der Waals surface area contributed by atoms with E-state index in [1.165, 1.54) is 0 Å². The number of ether oxygens (including phenoxy) is 5. The predicted molar refractivity (Wildman–Crippen MR) is 180 cm³/mol. The molecule has 0 spiro atoms. The molecule has 4 heterocycles. The van der Waals surface area contributed by atoms with Gasteiger partial charge in [-0.15, -0.1) is 0 Å². The Bertz CT molecular complexity index is 1990. The summed E-state index contributed by atoms with van der Waals surface area (Å²) in [6, 6.07) is 13.9. The number of cyclic esters (lactones) is 1.